The first-order chi connectivity index (χ1) is 7.75. The smallest absolute Gasteiger partial charge is 0.269 e. The van der Waals surface area contributed by atoms with Crippen LogP contribution < -0.4 is 11.1 Å². The fraction of sp³-hybridized carbons (Fsp3) is 0.500. The zero-order chi connectivity index (χ0) is 11.4. The quantitative estimate of drug-likeness (QED) is 0.739. The van der Waals surface area contributed by atoms with Gasteiger partial charge in [0.2, 0.25) is 0 Å². The molecule has 0 bridgehead atoms. The first kappa shape index (κ1) is 10.9. The van der Waals surface area contributed by atoms with E-state index in [2.05, 4.69) is 10.3 Å². The van der Waals surface area contributed by atoms with Crippen molar-refractivity contribution < 1.29 is 4.79 Å². The van der Waals surface area contributed by atoms with Gasteiger partial charge in [-0.05, 0) is 30.9 Å². The number of nitrogens with one attached hydrogen (secondary N) is 1. The molecule has 1 aliphatic carbocycles. The van der Waals surface area contributed by atoms with Crippen LogP contribution in [0.1, 0.15) is 36.2 Å². The lowest BCUT2D eigenvalue weighted by Crippen LogP contribution is -2.25. The van der Waals surface area contributed by atoms with Crippen LogP contribution in [0.5, 0.6) is 0 Å². The second-order valence-electron chi connectivity index (χ2n) is 4.29. The van der Waals surface area contributed by atoms with Crippen LogP contribution in [0.15, 0.2) is 18.2 Å². The minimum Gasteiger partial charge on any atom is -0.384 e. The van der Waals surface area contributed by atoms with Gasteiger partial charge in [0.05, 0.1) is 0 Å². The molecule has 1 heterocycles. The molecule has 2 rings (SSSR count). The molecule has 4 nitrogen and oxygen atoms in total. The number of hydrogen-bond donors (Lipinski definition) is 2. The summed E-state index contributed by atoms with van der Waals surface area (Å²) in [4.78, 5) is 15.6. The van der Waals surface area contributed by atoms with Gasteiger partial charge in [-0.1, -0.05) is 18.9 Å². The highest BCUT2D eigenvalue weighted by atomic mass is 16.1. The maximum atomic E-state index is 11.6. The molecular weight excluding hydrogens is 202 g/mol. The number of carbonyl (C=O) groups excluding carboxylic acids is 1. The number of nitrogens with zero attached hydrogens (tertiary/aromatic N) is 1. The van der Waals surface area contributed by atoms with Crippen molar-refractivity contribution >= 4 is 11.7 Å². The number of nitrogen functional groups attached to an aromatic ring is 1. The Hall–Kier alpha value is -1.58. The zero-order valence-electron chi connectivity index (χ0n) is 9.28. The molecule has 0 aliphatic heterocycles. The predicted molar refractivity (Wildman–Crippen MR) is 62.9 cm³/mol. The Kier molecular flexibility index (Phi) is 3.39. The topological polar surface area (TPSA) is 68.0 Å². The Morgan fingerprint density at radius 1 is 1.50 bits per heavy atom. The van der Waals surface area contributed by atoms with Crippen LogP contribution in [0.3, 0.4) is 0 Å². The van der Waals surface area contributed by atoms with Gasteiger partial charge in [0.1, 0.15) is 11.5 Å². The summed E-state index contributed by atoms with van der Waals surface area (Å²) in [5.41, 5.74) is 5.90. The van der Waals surface area contributed by atoms with E-state index in [1.165, 1.54) is 19.3 Å². The summed E-state index contributed by atoms with van der Waals surface area (Å²) in [5, 5.41) is 2.85. The van der Waals surface area contributed by atoms with Crippen molar-refractivity contribution in [3.63, 3.8) is 0 Å². The number of hydrogen-bond acceptors (Lipinski definition) is 3. The van der Waals surface area contributed by atoms with Crippen LogP contribution in [-0.2, 0) is 0 Å². The van der Waals surface area contributed by atoms with Gasteiger partial charge in [-0.2, -0.15) is 0 Å². The van der Waals surface area contributed by atoms with Crippen molar-refractivity contribution in [2.45, 2.75) is 25.7 Å². The summed E-state index contributed by atoms with van der Waals surface area (Å²) in [6, 6.07) is 5.08. The number of carbonyl (C=O) groups is 1. The monoisotopic (exact) mass is 219 g/mol. The molecule has 1 amide bonds. The molecule has 1 aliphatic rings. The highest BCUT2D eigenvalue weighted by Crippen LogP contribution is 2.33. The molecule has 1 saturated carbocycles. The Morgan fingerprint density at radius 3 is 3.00 bits per heavy atom. The van der Waals surface area contributed by atoms with Crippen LogP contribution in [0.25, 0.3) is 0 Å². The number of amides is 1. The average Bonchev–Trinajstić information content (AvgIpc) is 3.08. The van der Waals surface area contributed by atoms with Crippen LogP contribution >= 0.6 is 0 Å². The maximum absolute atomic E-state index is 11.6. The number of aromatic nitrogens is 1. The first-order valence-corrected chi connectivity index (χ1v) is 5.76. The van der Waals surface area contributed by atoms with Crippen molar-refractivity contribution in [1.82, 2.24) is 10.3 Å². The van der Waals surface area contributed by atoms with Crippen LogP contribution in [0.4, 0.5) is 5.82 Å². The standard InChI is InChI=1S/C12H17N3O/c13-11-5-1-4-10(15-11)12(16)14-8-2-3-9-6-7-9/h1,4-5,9H,2-3,6-8H2,(H2,13,15)(H,14,16). The molecule has 86 valence electrons. The summed E-state index contributed by atoms with van der Waals surface area (Å²) in [7, 11) is 0. The van der Waals surface area contributed by atoms with E-state index in [0.717, 1.165) is 18.9 Å². The highest BCUT2D eigenvalue weighted by Gasteiger charge is 2.20. The van der Waals surface area contributed by atoms with Crippen LogP contribution in [0.2, 0.25) is 0 Å². The Morgan fingerprint density at radius 2 is 2.31 bits per heavy atom. The van der Waals surface area contributed by atoms with Gasteiger partial charge >= 0.3 is 0 Å². The third-order valence-corrected chi connectivity index (χ3v) is 2.77. The third-order valence-electron chi connectivity index (χ3n) is 2.77. The summed E-state index contributed by atoms with van der Waals surface area (Å²) < 4.78 is 0. The Labute approximate surface area is 95.3 Å². The van der Waals surface area contributed by atoms with Gasteiger partial charge < -0.3 is 11.1 Å². The van der Waals surface area contributed by atoms with Gasteiger partial charge in [0, 0.05) is 6.54 Å². The van der Waals surface area contributed by atoms with Crippen molar-refractivity contribution in [1.29, 1.82) is 0 Å². The van der Waals surface area contributed by atoms with E-state index in [1.54, 1.807) is 18.2 Å². The molecule has 1 fully saturated rings. The van der Waals surface area contributed by atoms with Gasteiger partial charge in [-0.25, -0.2) is 4.98 Å². The molecule has 3 N–H and O–H groups in total. The number of rotatable bonds is 5. The normalized spacial score (nSPS) is 14.8. The molecule has 0 aromatic carbocycles. The van der Waals surface area contributed by atoms with Crippen molar-refractivity contribution in [2.75, 3.05) is 12.3 Å². The average molecular weight is 219 g/mol. The molecule has 0 radical (unpaired) electrons. The predicted octanol–water partition coefficient (Wildman–Crippen LogP) is 1.58. The second-order valence-corrected chi connectivity index (χ2v) is 4.29. The number of anilines is 1. The van der Waals surface area contributed by atoms with Gasteiger partial charge in [0.25, 0.3) is 5.91 Å². The molecule has 0 atom stereocenters. The molecule has 0 saturated heterocycles. The summed E-state index contributed by atoms with van der Waals surface area (Å²) in [6.07, 6.45) is 5.01. The minimum atomic E-state index is -0.136. The molecule has 4 heteroatoms. The summed E-state index contributed by atoms with van der Waals surface area (Å²) in [5.74, 6) is 1.16. The molecule has 1 aromatic heterocycles. The van der Waals surface area contributed by atoms with E-state index in [1.807, 2.05) is 0 Å². The lowest BCUT2D eigenvalue weighted by Gasteiger charge is -2.04. The second kappa shape index (κ2) is 4.96. The van der Waals surface area contributed by atoms with Gasteiger partial charge in [-0.3, -0.25) is 4.79 Å². The van der Waals surface area contributed by atoms with E-state index in [0.29, 0.717) is 11.5 Å². The Bertz CT molecular complexity index is 374. The lowest BCUT2D eigenvalue weighted by molar-refractivity contribution is 0.0948. The van der Waals surface area contributed by atoms with E-state index in [4.69, 9.17) is 5.73 Å². The maximum Gasteiger partial charge on any atom is 0.269 e. The van der Waals surface area contributed by atoms with E-state index >= 15 is 0 Å². The van der Waals surface area contributed by atoms with Gasteiger partial charge in [-0.15, -0.1) is 0 Å². The van der Waals surface area contributed by atoms with Crippen LogP contribution in [-0.4, -0.2) is 17.4 Å². The molecule has 1 aromatic rings. The Balaban J connectivity index is 1.73. The largest absolute Gasteiger partial charge is 0.384 e. The molecule has 0 unspecified atom stereocenters. The number of pyridine rings is 1. The van der Waals surface area contributed by atoms with Gasteiger partial charge in [0.15, 0.2) is 0 Å². The molecule has 16 heavy (non-hydrogen) atoms. The summed E-state index contributed by atoms with van der Waals surface area (Å²) >= 11 is 0. The van der Waals surface area contributed by atoms with Crippen molar-refractivity contribution in [2.24, 2.45) is 5.92 Å². The molecular formula is C12H17N3O. The first-order valence-electron chi connectivity index (χ1n) is 5.76. The van der Waals surface area contributed by atoms with Crippen LogP contribution in [0, 0.1) is 5.92 Å². The highest BCUT2D eigenvalue weighted by molar-refractivity contribution is 5.92. The SMILES string of the molecule is Nc1cccc(C(=O)NCCCC2CC2)n1. The van der Waals surface area contributed by atoms with E-state index < -0.39 is 0 Å². The van der Waals surface area contributed by atoms with Crippen molar-refractivity contribution in [3.8, 4) is 0 Å². The fourth-order valence-electron chi connectivity index (χ4n) is 1.67. The zero-order valence-corrected chi connectivity index (χ0v) is 9.28. The minimum absolute atomic E-state index is 0.136. The fourth-order valence-corrected chi connectivity index (χ4v) is 1.67. The van der Waals surface area contributed by atoms with Crippen molar-refractivity contribution in [3.05, 3.63) is 23.9 Å². The lowest BCUT2D eigenvalue weighted by atomic mass is 10.2. The number of nitrogens with two attached hydrogens (primary N) is 1. The van der Waals surface area contributed by atoms with E-state index in [9.17, 15) is 4.79 Å². The third kappa shape index (κ3) is 3.22. The summed E-state index contributed by atoms with van der Waals surface area (Å²) in [6.45, 7) is 0.728. The molecule has 0 spiro atoms. The van der Waals surface area contributed by atoms with E-state index in [-0.39, 0.29) is 5.91 Å².